The number of nitrogens with zero attached hydrogens (tertiary/aromatic N) is 2. The average molecular weight is 504 g/mol. The maximum atomic E-state index is 5.63. The number of guanidine groups is 1. The minimum absolute atomic E-state index is 0. The summed E-state index contributed by atoms with van der Waals surface area (Å²) in [6.45, 7) is 11.1. The van der Waals surface area contributed by atoms with Crippen molar-refractivity contribution in [3.63, 3.8) is 0 Å². The second-order valence-electron chi connectivity index (χ2n) is 7.28. The largest absolute Gasteiger partial charge is 0.381 e. The van der Waals surface area contributed by atoms with E-state index >= 15 is 0 Å². The van der Waals surface area contributed by atoms with Gasteiger partial charge < -0.3 is 20.1 Å². The first-order chi connectivity index (χ1) is 13.2. The summed E-state index contributed by atoms with van der Waals surface area (Å²) in [5, 5.41) is 6.87. The van der Waals surface area contributed by atoms with Gasteiger partial charge in [-0.1, -0.05) is 44.2 Å². The van der Waals surface area contributed by atoms with Crippen LogP contribution in [0, 0.1) is 5.92 Å². The van der Waals surface area contributed by atoms with Gasteiger partial charge in [-0.25, -0.2) is 0 Å². The molecule has 0 aromatic heterocycles. The first-order valence-electron chi connectivity index (χ1n) is 10.1. The molecule has 1 aromatic carbocycles. The fourth-order valence-corrected chi connectivity index (χ4v) is 3.14. The highest BCUT2D eigenvalue weighted by Gasteiger charge is 2.22. The van der Waals surface area contributed by atoms with Gasteiger partial charge in [0, 0.05) is 46.4 Å². The lowest BCUT2D eigenvalue weighted by molar-refractivity contribution is 0.0170. The Morgan fingerprint density at radius 1 is 1.18 bits per heavy atom. The lowest BCUT2D eigenvalue weighted by Crippen LogP contribution is -2.46. The van der Waals surface area contributed by atoms with Crippen molar-refractivity contribution in [2.45, 2.75) is 26.3 Å². The van der Waals surface area contributed by atoms with E-state index in [-0.39, 0.29) is 24.0 Å². The molecule has 0 amide bonds. The molecular weight excluding hydrogens is 467 g/mol. The molecule has 7 heteroatoms. The fourth-order valence-electron chi connectivity index (χ4n) is 3.14. The number of benzene rings is 1. The van der Waals surface area contributed by atoms with Gasteiger partial charge in [0.15, 0.2) is 5.96 Å². The zero-order valence-electron chi connectivity index (χ0n) is 17.5. The SMILES string of the molecule is CN=C(NCCCOCC(C)C)NCC(c1ccccc1)N1CCOCC1.I. The smallest absolute Gasteiger partial charge is 0.191 e. The molecule has 1 atom stereocenters. The third-order valence-electron chi connectivity index (χ3n) is 4.57. The normalized spacial score (nSPS) is 16.5. The van der Waals surface area contributed by atoms with Gasteiger partial charge in [-0.3, -0.25) is 9.89 Å². The summed E-state index contributed by atoms with van der Waals surface area (Å²) in [5.74, 6) is 1.43. The summed E-state index contributed by atoms with van der Waals surface area (Å²) in [4.78, 5) is 6.84. The topological polar surface area (TPSA) is 58.1 Å². The van der Waals surface area contributed by atoms with Crippen molar-refractivity contribution in [1.29, 1.82) is 0 Å². The van der Waals surface area contributed by atoms with E-state index < -0.39 is 0 Å². The Morgan fingerprint density at radius 3 is 2.54 bits per heavy atom. The number of halogens is 1. The van der Waals surface area contributed by atoms with E-state index in [0.717, 1.165) is 65.0 Å². The van der Waals surface area contributed by atoms with E-state index in [1.165, 1.54) is 5.56 Å². The Balaban J connectivity index is 0.00000392. The Labute approximate surface area is 187 Å². The van der Waals surface area contributed by atoms with Gasteiger partial charge in [-0.15, -0.1) is 24.0 Å². The first kappa shape index (κ1) is 25.1. The molecule has 1 aliphatic rings. The third-order valence-corrected chi connectivity index (χ3v) is 4.57. The second-order valence-corrected chi connectivity index (χ2v) is 7.28. The van der Waals surface area contributed by atoms with Gasteiger partial charge in [0.2, 0.25) is 0 Å². The molecule has 0 spiro atoms. The molecule has 0 bridgehead atoms. The lowest BCUT2D eigenvalue weighted by atomic mass is 10.0. The Hall–Kier alpha value is -0.900. The van der Waals surface area contributed by atoms with Crippen molar-refractivity contribution in [1.82, 2.24) is 15.5 Å². The average Bonchev–Trinajstić information content (AvgIpc) is 2.70. The summed E-state index contributed by atoms with van der Waals surface area (Å²) in [6, 6.07) is 11.0. The van der Waals surface area contributed by atoms with E-state index in [1.54, 1.807) is 0 Å². The molecule has 1 unspecified atom stereocenters. The molecule has 0 saturated carbocycles. The van der Waals surface area contributed by atoms with Crippen molar-refractivity contribution in [3.8, 4) is 0 Å². The molecule has 1 saturated heterocycles. The van der Waals surface area contributed by atoms with Crippen LogP contribution in [0.15, 0.2) is 35.3 Å². The highest BCUT2D eigenvalue weighted by molar-refractivity contribution is 14.0. The fraction of sp³-hybridized carbons (Fsp3) is 0.667. The number of hydrogen-bond donors (Lipinski definition) is 2. The molecule has 1 heterocycles. The predicted molar refractivity (Wildman–Crippen MR) is 127 cm³/mol. The molecule has 160 valence electrons. The number of ether oxygens (including phenoxy) is 2. The monoisotopic (exact) mass is 504 g/mol. The number of morpholine rings is 1. The molecule has 1 aromatic rings. The standard InChI is InChI=1S/C21H36N4O2.HI/c1-18(2)17-27-13-7-10-23-21(22-3)24-16-20(19-8-5-4-6-9-19)25-11-14-26-15-12-25;/h4-6,8-9,18,20H,7,10-17H2,1-3H3,(H2,22,23,24);1H. The van der Waals surface area contributed by atoms with Crippen LogP contribution in [0.3, 0.4) is 0 Å². The van der Waals surface area contributed by atoms with Crippen LogP contribution in [-0.2, 0) is 9.47 Å². The van der Waals surface area contributed by atoms with Crippen LogP contribution in [0.2, 0.25) is 0 Å². The molecule has 1 fully saturated rings. The molecule has 2 N–H and O–H groups in total. The van der Waals surface area contributed by atoms with Crippen molar-refractivity contribution >= 4 is 29.9 Å². The van der Waals surface area contributed by atoms with Crippen LogP contribution in [0.5, 0.6) is 0 Å². The highest BCUT2D eigenvalue weighted by Crippen LogP contribution is 2.20. The summed E-state index contributed by atoms with van der Waals surface area (Å²) in [7, 11) is 1.82. The van der Waals surface area contributed by atoms with Crippen LogP contribution in [-0.4, -0.2) is 70.5 Å². The Kier molecular flexibility index (Phi) is 13.5. The molecular formula is C21H37IN4O2. The van der Waals surface area contributed by atoms with E-state index in [0.29, 0.717) is 12.0 Å². The van der Waals surface area contributed by atoms with E-state index in [1.807, 2.05) is 7.05 Å². The van der Waals surface area contributed by atoms with Crippen molar-refractivity contribution in [3.05, 3.63) is 35.9 Å². The minimum Gasteiger partial charge on any atom is -0.381 e. The number of rotatable bonds is 10. The van der Waals surface area contributed by atoms with Gasteiger partial charge in [-0.2, -0.15) is 0 Å². The summed E-state index contributed by atoms with van der Waals surface area (Å²) >= 11 is 0. The van der Waals surface area contributed by atoms with Crippen molar-refractivity contribution in [2.75, 3.05) is 59.7 Å². The molecule has 2 rings (SSSR count). The Morgan fingerprint density at radius 2 is 1.89 bits per heavy atom. The molecule has 6 nitrogen and oxygen atoms in total. The minimum atomic E-state index is 0. The highest BCUT2D eigenvalue weighted by atomic mass is 127. The van der Waals surface area contributed by atoms with Crippen LogP contribution in [0.4, 0.5) is 0 Å². The Bertz CT molecular complexity index is 536. The molecule has 0 aliphatic carbocycles. The third kappa shape index (κ3) is 9.54. The van der Waals surface area contributed by atoms with Gasteiger partial charge in [0.1, 0.15) is 0 Å². The predicted octanol–water partition coefficient (Wildman–Crippen LogP) is 2.91. The van der Waals surface area contributed by atoms with Gasteiger partial charge in [-0.05, 0) is 17.9 Å². The summed E-state index contributed by atoms with van der Waals surface area (Å²) in [5.41, 5.74) is 1.32. The van der Waals surface area contributed by atoms with Crippen LogP contribution < -0.4 is 10.6 Å². The maximum Gasteiger partial charge on any atom is 0.191 e. The zero-order valence-corrected chi connectivity index (χ0v) is 19.9. The van der Waals surface area contributed by atoms with Crippen molar-refractivity contribution < 1.29 is 9.47 Å². The van der Waals surface area contributed by atoms with Gasteiger partial charge in [0.25, 0.3) is 0 Å². The number of hydrogen-bond acceptors (Lipinski definition) is 4. The maximum absolute atomic E-state index is 5.63. The summed E-state index contributed by atoms with van der Waals surface area (Å²) < 4.78 is 11.1. The quantitative estimate of drug-likeness (QED) is 0.222. The van der Waals surface area contributed by atoms with Crippen LogP contribution in [0.25, 0.3) is 0 Å². The number of nitrogens with one attached hydrogen (secondary N) is 2. The van der Waals surface area contributed by atoms with E-state index in [4.69, 9.17) is 9.47 Å². The molecule has 1 aliphatic heterocycles. The second kappa shape index (κ2) is 15.0. The lowest BCUT2D eigenvalue weighted by Gasteiger charge is -2.35. The van der Waals surface area contributed by atoms with Gasteiger partial charge in [0.05, 0.1) is 19.3 Å². The number of aliphatic imine (C=N–C) groups is 1. The zero-order chi connectivity index (χ0) is 19.3. The van der Waals surface area contributed by atoms with Crippen LogP contribution >= 0.6 is 24.0 Å². The van der Waals surface area contributed by atoms with Crippen molar-refractivity contribution in [2.24, 2.45) is 10.9 Å². The van der Waals surface area contributed by atoms with E-state index in [2.05, 4.69) is 64.7 Å². The van der Waals surface area contributed by atoms with Gasteiger partial charge >= 0.3 is 0 Å². The van der Waals surface area contributed by atoms with Crippen LogP contribution in [0.1, 0.15) is 31.9 Å². The molecule has 0 radical (unpaired) electrons. The first-order valence-corrected chi connectivity index (χ1v) is 10.1. The molecule has 28 heavy (non-hydrogen) atoms. The summed E-state index contributed by atoms with van der Waals surface area (Å²) in [6.07, 6.45) is 0.971. The van der Waals surface area contributed by atoms with E-state index in [9.17, 15) is 0 Å².